The van der Waals surface area contributed by atoms with Crippen LogP contribution in [0.3, 0.4) is 0 Å². The summed E-state index contributed by atoms with van der Waals surface area (Å²) in [6, 6.07) is 10.6. The molecule has 156 valence electrons. The fraction of sp³-hybridized carbons (Fsp3) is 0.364. The predicted octanol–water partition coefficient (Wildman–Crippen LogP) is 2.26. The monoisotopic (exact) mass is 407 g/mol. The van der Waals surface area contributed by atoms with Gasteiger partial charge in [0, 0.05) is 23.7 Å². The number of aliphatic hydroxyl groups is 1. The molecule has 3 heterocycles. The highest BCUT2D eigenvalue weighted by atomic mass is 16.5. The van der Waals surface area contributed by atoms with Crippen molar-refractivity contribution in [2.24, 2.45) is 0 Å². The maximum absolute atomic E-state index is 12.8. The number of rotatable bonds is 5. The van der Waals surface area contributed by atoms with Crippen LogP contribution in [0.4, 0.5) is 0 Å². The Hall–Kier alpha value is -3.10. The Labute approximate surface area is 174 Å². The number of ether oxygens (including phenoxy) is 1. The first-order chi connectivity index (χ1) is 14.4. The highest BCUT2D eigenvalue weighted by molar-refractivity contribution is 5.52. The van der Waals surface area contributed by atoms with Gasteiger partial charge in [0.2, 0.25) is 0 Å². The van der Waals surface area contributed by atoms with Crippen molar-refractivity contribution in [1.82, 2.24) is 24.8 Å². The van der Waals surface area contributed by atoms with Gasteiger partial charge in [-0.15, -0.1) is 0 Å². The maximum atomic E-state index is 12.8. The molecule has 0 spiro atoms. The van der Waals surface area contributed by atoms with Crippen molar-refractivity contribution < 1.29 is 9.84 Å². The molecule has 0 aliphatic carbocycles. The van der Waals surface area contributed by atoms with Crippen molar-refractivity contribution in [1.29, 1.82) is 0 Å². The molecule has 1 aliphatic rings. The van der Waals surface area contributed by atoms with E-state index in [-0.39, 0.29) is 17.0 Å². The van der Waals surface area contributed by atoms with E-state index in [0.717, 1.165) is 5.56 Å². The van der Waals surface area contributed by atoms with Crippen molar-refractivity contribution in [3.05, 3.63) is 70.7 Å². The summed E-state index contributed by atoms with van der Waals surface area (Å²) in [5.41, 5.74) is 1.33. The van der Waals surface area contributed by atoms with Crippen molar-refractivity contribution in [2.45, 2.75) is 44.5 Å². The predicted molar refractivity (Wildman–Crippen MR) is 112 cm³/mol. The molecule has 0 bridgehead atoms. The Balaban J connectivity index is 1.74. The van der Waals surface area contributed by atoms with Gasteiger partial charge in [-0.05, 0) is 44.0 Å². The SMILES string of the molecule is COc1cccc([C@@H](O)CC2c3nc(-c4ccncn4)cc(=O)n3CNC2(C)C)c1. The van der Waals surface area contributed by atoms with E-state index in [0.29, 0.717) is 36.1 Å². The molecular formula is C22H25N5O3. The standard InChI is InChI=1S/C22H25N5O3/c1-22(2)16(10-19(28)14-5-4-6-15(9-14)30-3)21-26-18(17-7-8-23-12-24-17)11-20(29)27(21)13-25-22/h4-9,11-12,16,19,25,28H,10,13H2,1-3H3/t16?,19-/m0/s1. The van der Waals surface area contributed by atoms with Crippen LogP contribution in [0.25, 0.3) is 11.4 Å². The Morgan fingerprint density at radius 3 is 2.87 bits per heavy atom. The number of methoxy groups -OCH3 is 1. The van der Waals surface area contributed by atoms with Crippen LogP contribution in [0.2, 0.25) is 0 Å². The third-order valence-electron chi connectivity index (χ3n) is 5.70. The van der Waals surface area contributed by atoms with Crippen LogP contribution in [-0.2, 0) is 6.67 Å². The lowest BCUT2D eigenvalue weighted by Crippen LogP contribution is -2.53. The van der Waals surface area contributed by atoms with E-state index >= 15 is 0 Å². The quantitative estimate of drug-likeness (QED) is 0.669. The number of nitrogens with one attached hydrogen (secondary N) is 1. The summed E-state index contributed by atoms with van der Waals surface area (Å²) in [4.78, 5) is 25.8. The minimum Gasteiger partial charge on any atom is -0.497 e. The molecule has 2 N–H and O–H groups in total. The van der Waals surface area contributed by atoms with Gasteiger partial charge in [-0.1, -0.05) is 12.1 Å². The second kappa shape index (κ2) is 7.97. The van der Waals surface area contributed by atoms with E-state index in [2.05, 4.69) is 29.1 Å². The fourth-order valence-corrected chi connectivity index (χ4v) is 3.86. The smallest absolute Gasteiger partial charge is 0.255 e. The van der Waals surface area contributed by atoms with Crippen molar-refractivity contribution in [2.75, 3.05) is 7.11 Å². The fourth-order valence-electron chi connectivity index (χ4n) is 3.86. The van der Waals surface area contributed by atoms with Crippen molar-refractivity contribution >= 4 is 0 Å². The number of nitrogens with zero attached hydrogens (tertiary/aromatic N) is 4. The third-order valence-corrected chi connectivity index (χ3v) is 5.70. The van der Waals surface area contributed by atoms with Crippen LogP contribution in [0.5, 0.6) is 5.75 Å². The second-order valence-corrected chi connectivity index (χ2v) is 8.00. The van der Waals surface area contributed by atoms with Gasteiger partial charge >= 0.3 is 0 Å². The number of benzene rings is 1. The van der Waals surface area contributed by atoms with Crippen LogP contribution >= 0.6 is 0 Å². The van der Waals surface area contributed by atoms with Gasteiger partial charge in [0.15, 0.2) is 0 Å². The molecule has 0 fully saturated rings. The normalized spacial score (nSPS) is 18.5. The zero-order valence-electron chi connectivity index (χ0n) is 17.2. The molecule has 2 aromatic heterocycles. The topological polar surface area (TPSA) is 102 Å². The highest BCUT2D eigenvalue weighted by Gasteiger charge is 2.39. The Morgan fingerprint density at radius 1 is 1.30 bits per heavy atom. The molecule has 8 nitrogen and oxygen atoms in total. The van der Waals surface area contributed by atoms with Crippen molar-refractivity contribution in [3.63, 3.8) is 0 Å². The summed E-state index contributed by atoms with van der Waals surface area (Å²) in [5, 5.41) is 14.4. The first-order valence-electron chi connectivity index (χ1n) is 9.84. The molecule has 3 aromatic rings. The van der Waals surface area contributed by atoms with E-state index in [1.165, 1.54) is 12.4 Å². The minimum atomic E-state index is -0.739. The van der Waals surface area contributed by atoms with Crippen molar-refractivity contribution in [3.8, 4) is 17.1 Å². The van der Waals surface area contributed by atoms with E-state index in [4.69, 9.17) is 9.72 Å². The number of aliphatic hydroxyl groups excluding tert-OH is 1. The molecule has 0 saturated carbocycles. The van der Waals surface area contributed by atoms with Gasteiger partial charge in [0.25, 0.3) is 5.56 Å². The lowest BCUT2D eigenvalue weighted by atomic mass is 9.80. The minimum absolute atomic E-state index is 0.155. The van der Waals surface area contributed by atoms with Gasteiger partial charge < -0.3 is 9.84 Å². The average molecular weight is 407 g/mol. The molecule has 30 heavy (non-hydrogen) atoms. The molecule has 2 atom stereocenters. The van der Waals surface area contributed by atoms with Gasteiger partial charge in [-0.2, -0.15) is 0 Å². The van der Waals surface area contributed by atoms with Gasteiger partial charge in [0.05, 0.1) is 31.3 Å². The van der Waals surface area contributed by atoms with Crippen LogP contribution in [0.1, 0.15) is 43.7 Å². The molecule has 4 rings (SSSR count). The zero-order valence-corrected chi connectivity index (χ0v) is 17.2. The highest BCUT2D eigenvalue weighted by Crippen LogP contribution is 2.38. The molecule has 8 heteroatoms. The van der Waals surface area contributed by atoms with E-state index in [1.807, 2.05) is 24.3 Å². The van der Waals surface area contributed by atoms with Crippen LogP contribution < -0.4 is 15.6 Å². The van der Waals surface area contributed by atoms with Crippen LogP contribution in [0.15, 0.2) is 53.7 Å². The van der Waals surface area contributed by atoms with Crippen LogP contribution in [0, 0.1) is 0 Å². The molecule has 0 radical (unpaired) electrons. The maximum Gasteiger partial charge on any atom is 0.255 e. The Morgan fingerprint density at radius 2 is 2.13 bits per heavy atom. The summed E-state index contributed by atoms with van der Waals surface area (Å²) in [5.74, 6) is 1.12. The molecule has 0 saturated heterocycles. The first kappa shape index (κ1) is 20.2. The molecule has 1 aromatic carbocycles. The number of hydrogen-bond donors (Lipinski definition) is 2. The summed E-state index contributed by atoms with van der Waals surface area (Å²) in [6.07, 6.45) is 2.71. The second-order valence-electron chi connectivity index (χ2n) is 8.00. The summed E-state index contributed by atoms with van der Waals surface area (Å²) < 4.78 is 6.90. The number of aromatic nitrogens is 4. The Kier molecular flexibility index (Phi) is 5.36. The lowest BCUT2D eigenvalue weighted by molar-refractivity contribution is 0.119. The summed E-state index contributed by atoms with van der Waals surface area (Å²) in [6.45, 7) is 4.48. The zero-order chi connectivity index (χ0) is 21.3. The number of fused-ring (bicyclic) bond motifs is 1. The van der Waals surface area contributed by atoms with E-state index in [9.17, 15) is 9.90 Å². The number of hydrogen-bond acceptors (Lipinski definition) is 7. The molecule has 1 unspecified atom stereocenters. The van der Waals surface area contributed by atoms with E-state index < -0.39 is 6.10 Å². The van der Waals surface area contributed by atoms with Crippen LogP contribution in [-0.4, -0.2) is 37.3 Å². The Bertz CT molecular complexity index is 1100. The summed E-state index contributed by atoms with van der Waals surface area (Å²) >= 11 is 0. The van der Waals surface area contributed by atoms with Gasteiger partial charge in [0.1, 0.15) is 17.9 Å². The molecule has 0 amide bonds. The average Bonchev–Trinajstić information content (AvgIpc) is 2.76. The van der Waals surface area contributed by atoms with Gasteiger partial charge in [-0.3, -0.25) is 14.7 Å². The third kappa shape index (κ3) is 3.83. The first-order valence-corrected chi connectivity index (χ1v) is 9.84. The van der Waals surface area contributed by atoms with Gasteiger partial charge in [-0.25, -0.2) is 15.0 Å². The lowest BCUT2D eigenvalue weighted by Gasteiger charge is -2.41. The molecular weight excluding hydrogens is 382 g/mol. The molecule has 1 aliphatic heterocycles. The van der Waals surface area contributed by atoms with E-state index in [1.54, 1.807) is 23.9 Å². The largest absolute Gasteiger partial charge is 0.497 e. The summed E-state index contributed by atoms with van der Waals surface area (Å²) in [7, 11) is 1.60.